The number of nitrogens with one attached hydrogen (secondary N) is 2. The van der Waals surface area contributed by atoms with Gasteiger partial charge in [0.1, 0.15) is 11.5 Å². The van der Waals surface area contributed by atoms with Crippen molar-refractivity contribution in [1.82, 2.24) is 10.9 Å². The largest absolute Gasteiger partial charge is 0.497 e. The molecule has 6 heteroatoms. The molecule has 2 aromatic carbocycles. The lowest BCUT2D eigenvalue weighted by atomic mass is 10.1. The van der Waals surface area contributed by atoms with Crippen molar-refractivity contribution in [3.05, 3.63) is 59.7 Å². The molecule has 0 bridgehead atoms. The van der Waals surface area contributed by atoms with Crippen LogP contribution in [0.25, 0.3) is 0 Å². The zero-order valence-corrected chi connectivity index (χ0v) is 14.4. The summed E-state index contributed by atoms with van der Waals surface area (Å²) in [5, 5.41) is 0. The Morgan fingerprint density at radius 2 is 1.40 bits per heavy atom. The van der Waals surface area contributed by atoms with Crippen LogP contribution in [0, 0.1) is 0 Å². The maximum Gasteiger partial charge on any atom is 0.276 e. The summed E-state index contributed by atoms with van der Waals surface area (Å²) in [7, 11) is 1.58. The molecule has 132 valence electrons. The number of rotatable bonds is 7. The Morgan fingerprint density at radius 3 is 2.00 bits per heavy atom. The van der Waals surface area contributed by atoms with Gasteiger partial charge in [-0.25, -0.2) is 0 Å². The van der Waals surface area contributed by atoms with Crippen LogP contribution in [0.1, 0.15) is 18.1 Å². The van der Waals surface area contributed by atoms with Gasteiger partial charge in [-0.3, -0.25) is 20.4 Å². The highest BCUT2D eigenvalue weighted by Crippen LogP contribution is 2.12. The first-order valence-electron chi connectivity index (χ1n) is 8.03. The molecule has 0 aliphatic carbocycles. The molecule has 25 heavy (non-hydrogen) atoms. The predicted octanol–water partition coefficient (Wildman–Crippen LogP) is 2.03. The average molecular weight is 342 g/mol. The molecule has 0 unspecified atom stereocenters. The molecule has 0 atom stereocenters. The molecular weight excluding hydrogens is 320 g/mol. The topological polar surface area (TPSA) is 76.7 Å². The van der Waals surface area contributed by atoms with Gasteiger partial charge in [0.05, 0.1) is 13.5 Å². The monoisotopic (exact) mass is 342 g/mol. The maximum absolute atomic E-state index is 11.8. The second-order valence-electron chi connectivity index (χ2n) is 5.41. The second-order valence-corrected chi connectivity index (χ2v) is 5.41. The first-order chi connectivity index (χ1) is 12.1. The number of carbonyl (C=O) groups is 2. The summed E-state index contributed by atoms with van der Waals surface area (Å²) >= 11 is 0. The van der Waals surface area contributed by atoms with Crippen LogP contribution in [0.3, 0.4) is 0 Å². The third-order valence-electron chi connectivity index (χ3n) is 3.57. The molecule has 6 nitrogen and oxygen atoms in total. The van der Waals surface area contributed by atoms with Crippen LogP contribution in [0.4, 0.5) is 0 Å². The summed E-state index contributed by atoms with van der Waals surface area (Å²) in [5.41, 5.74) is 6.71. The van der Waals surface area contributed by atoms with Crippen LogP contribution < -0.4 is 20.3 Å². The molecule has 0 saturated heterocycles. The van der Waals surface area contributed by atoms with Gasteiger partial charge in [0.2, 0.25) is 5.91 Å². The lowest BCUT2D eigenvalue weighted by Gasteiger charge is -2.09. The number of aryl methyl sites for hydroxylation is 1. The van der Waals surface area contributed by atoms with Crippen molar-refractivity contribution >= 4 is 11.8 Å². The smallest absolute Gasteiger partial charge is 0.276 e. The van der Waals surface area contributed by atoms with Crippen molar-refractivity contribution in [3.8, 4) is 11.5 Å². The number of ether oxygens (including phenoxy) is 2. The Labute approximate surface area is 147 Å². The van der Waals surface area contributed by atoms with Gasteiger partial charge in [0.15, 0.2) is 6.61 Å². The first-order valence-corrected chi connectivity index (χ1v) is 8.03. The fourth-order valence-corrected chi connectivity index (χ4v) is 2.12. The van der Waals surface area contributed by atoms with Gasteiger partial charge in [0.25, 0.3) is 5.91 Å². The van der Waals surface area contributed by atoms with Crippen molar-refractivity contribution in [3.63, 3.8) is 0 Å². The van der Waals surface area contributed by atoms with Crippen LogP contribution in [-0.4, -0.2) is 25.5 Å². The van der Waals surface area contributed by atoms with E-state index in [0.29, 0.717) is 5.75 Å². The third kappa shape index (κ3) is 6.18. The molecule has 0 aliphatic rings. The van der Waals surface area contributed by atoms with Gasteiger partial charge in [-0.1, -0.05) is 31.2 Å². The fourth-order valence-electron chi connectivity index (χ4n) is 2.12. The van der Waals surface area contributed by atoms with Gasteiger partial charge < -0.3 is 9.47 Å². The predicted molar refractivity (Wildman–Crippen MR) is 94.3 cm³/mol. The van der Waals surface area contributed by atoms with E-state index < -0.39 is 5.91 Å². The number of carbonyl (C=O) groups excluding carboxylic acids is 2. The fraction of sp³-hybridized carbons (Fsp3) is 0.263. The van der Waals surface area contributed by atoms with Crippen molar-refractivity contribution in [2.24, 2.45) is 0 Å². The van der Waals surface area contributed by atoms with Gasteiger partial charge >= 0.3 is 0 Å². The molecule has 0 saturated carbocycles. The van der Waals surface area contributed by atoms with E-state index in [2.05, 4.69) is 17.8 Å². The summed E-state index contributed by atoms with van der Waals surface area (Å²) in [6.45, 7) is 1.90. The SMILES string of the molecule is CCc1ccc(OCC(=O)NNC(=O)Cc2ccc(OC)cc2)cc1. The van der Waals surface area contributed by atoms with Crippen molar-refractivity contribution in [1.29, 1.82) is 0 Å². The summed E-state index contributed by atoms with van der Waals surface area (Å²) in [6.07, 6.45) is 1.10. The number of amides is 2. The van der Waals surface area contributed by atoms with E-state index in [9.17, 15) is 9.59 Å². The minimum atomic E-state index is -0.428. The molecule has 2 aromatic rings. The van der Waals surface area contributed by atoms with E-state index >= 15 is 0 Å². The summed E-state index contributed by atoms with van der Waals surface area (Å²) in [6, 6.07) is 14.7. The zero-order chi connectivity index (χ0) is 18.1. The summed E-state index contributed by atoms with van der Waals surface area (Å²) in [5.74, 6) is 0.590. The van der Waals surface area contributed by atoms with Crippen LogP contribution in [0.5, 0.6) is 11.5 Å². The van der Waals surface area contributed by atoms with Crippen LogP contribution in [0.2, 0.25) is 0 Å². The van der Waals surface area contributed by atoms with Gasteiger partial charge in [0, 0.05) is 0 Å². The molecule has 0 spiro atoms. The van der Waals surface area contributed by atoms with E-state index in [0.717, 1.165) is 17.7 Å². The normalized spacial score (nSPS) is 10.0. The van der Waals surface area contributed by atoms with Crippen LogP contribution >= 0.6 is 0 Å². The van der Waals surface area contributed by atoms with Gasteiger partial charge in [-0.05, 0) is 41.8 Å². The molecular formula is C19H22N2O4. The van der Waals surface area contributed by atoms with Crippen LogP contribution in [-0.2, 0) is 22.4 Å². The molecule has 0 aromatic heterocycles. The first kappa shape index (κ1) is 18.3. The van der Waals surface area contributed by atoms with E-state index in [1.165, 1.54) is 5.56 Å². The van der Waals surface area contributed by atoms with Crippen molar-refractivity contribution in [2.45, 2.75) is 19.8 Å². The number of hydrogen-bond donors (Lipinski definition) is 2. The zero-order valence-electron chi connectivity index (χ0n) is 14.4. The molecule has 0 heterocycles. The lowest BCUT2D eigenvalue weighted by molar-refractivity contribution is -0.129. The quantitative estimate of drug-likeness (QED) is 0.755. The number of hydrazine groups is 1. The van der Waals surface area contributed by atoms with Gasteiger partial charge in [-0.2, -0.15) is 0 Å². The highest BCUT2D eigenvalue weighted by Gasteiger charge is 2.07. The molecule has 0 radical (unpaired) electrons. The number of hydrogen-bond acceptors (Lipinski definition) is 4. The summed E-state index contributed by atoms with van der Waals surface area (Å²) in [4.78, 5) is 23.5. The average Bonchev–Trinajstić information content (AvgIpc) is 2.65. The Kier molecular flexibility index (Phi) is 6.83. The van der Waals surface area contributed by atoms with Gasteiger partial charge in [-0.15, -0.1) is 0 Å². The molecule has 2 rings (SSSR count). The molecule has 2 N–H and O–H groups in total. The Balaban J connectivity index is 1.70. The second kappa shape index (κ2) is 9.32. The maximum atomic E-state index is 11.8. The minimum Gasteiger partial charge on any atom is -0.497 e. The van der Waals surface area contributed by atoms with Crippen molar-refractivity contribution in [2.75, 3.05) is 13.7 Å². The molecule has 2 amide bonds. The lowest BCUT2D eigenvalue weighted by Crippen LogP contribution is -2.44. The number of benzene rings is 2. The van der Waals surface area contributed by atoms with E-state index in [1.54, 1.807) is 31.4 Å². The summed E-state index contributed by atoms with van der Waals surface area (Å²) < 4.78 is 10.4. The Hall–Kier alpha value is -3.02. The van der Waals surface area contributed by atoms with E-state index in [4.69, 9.17) is 9.47 Å². The third-order valence-corrected chi connectivity index (χ3v) is 3.57. The standard InChI is InChI=1S/C19H22N2O4/c1-3-14-4-10-17(11-5-14)25-13-19(23)21-20-18(22)12-15-6-8-16(24-2)9-7-15/h4-11H,3,12-13H2,1-2H3,(H,20,22)(H,21,23). The highest BCUT2D eigenvalue weighted by molar-refractivity contribution is 5.83. The molecule has 0 aliphatic heterocycles. The molecule has 0 fully saturated rings. The van der Waals surface area contributed by atoms with Crippen LogP contribution in [0.15, 0.2) is 48.5 Å². The highest BCUT2D eigenvalue weighted by atomic mass is 16.5. The van der Waals surface area contributed by atoms with E-state index in [1.807, 2.05) is 24.3 Å². The Bertz CT molecular complexity index is 696. The number of methoxy groups -OCH3 is 1. The van der Waals surface area contributed by atoms with E-state index in [-0.39, 0.29) is 18.9 Å². The Morgan fingerprint density at radius 1 is 0.840 bits per heavy atom. The minimum absolute atomic E-state index is 0.156. The van der Waals surface area contributed by atoms with Crippen molar-refractivity contribution < 1.29 is 19.1 Å².